The second-order valence-corrected chi connectivity index (χ2v) is 5.95. The molecule has 0 spiro atoms. The fourth-order valence-electron chi connectivity index (χ4n) is 2.58. The van der Waals surface area contributed by atoms with Gasteiger partial charge in [-0.3, -0.25) is 5.04 Å². The first kappa shape index (κ1) is 16.3. The molecule has 1 aliphatic carbocycles. The summed E-state index contributed by atoms with van der Waals surface area (Å²) in [6.45, 7) is 0.479. The van der Waals surface area contributed by atoms with Crippen LogP contribution < -0.4 is 5.26 Å². The van der Waals surface area contributed by atoms with Crippen molar-refractivity contribution in [1.82, 2.24) is 0 Å². The van der Waals surface area contributed by atoms with E-state index >= 15 is 0 Å². The van der Waals surface area contributed by atoms with Crippen molar-refractivity contribution in [3.05, 3.63) is 29.8 Å². The molecule has 0 atom stereocenters. The summed E-state index contributed by atoms with van der Waals surface area (Å²) in [5.74, 6) is 0.387. The summed E-state index contributed by atoms with van der Waals surface area (Å²) >= 11 is 0.791. The van der Waals surface area contributed by atoms with Crippen LogP contribution in [0.25, 0.3) is 0 Å². The third kappa shape index (κ3) is 5.67. The maximum absolute atomic E-state index is 11.9. The van der Waals surface area contributed by atoms with Gasteiger partial charge >= 0.3 is 5.97 Å². The van der Waals surface area contributed by atoms with E-state index in [0.29, 0.717) is 23.0 Å². The standard InChI is InChI=1S/C15H20O5S/c16-15(18-11-10-12-4-2-1-3-5-12)13-6-8-14(9-7-13)21-20-19-17/h6-9,12,17H,1-5,10-11H2/p-1. The van der Waals surface area contributed by atoms with E-state index in [-0.39, 0.29) is 5.97 Å². The molecular weight excluding hydrogens is 292 g/mol. The molecule has 0 bridgehead atoms. The molecule has 1 saturated carbocycles. The Hall–Kier alpha value is -1.08. The third-order valence-corrected chi connectivity index (χ3v) is 4.32. The molecule has 0 radical (unpaired) electrons. The predicted octanol–water partition coefficient (Wildman–Crippen LogP) is 3.04. The van der Waals surface area contributed by atoms with E-state index in [1.807, 2.05) is 0 Å². The van der Waals surface area contributed by atoms with Crippen LogP contribution in [0.15, 0.2) is 29.2 Å². The number of carbonyl (C=O) groups is 1. The molecule has 116 valence electrons. The summed E-state index contributed by atoms with van der Waals surface area (Å²) < 4.78 is 9.50. The molecule has 0 saturated heterocycles. The van der Waals surface area contributed by atoms with Crippen molar-refractivity contribution in [3.63, 3.8) is 0 Å². The second kappa shape index (κ2) is 9.04. The summed E-state index contributed by atoms with van der Waals surface area (Å²) in [5, 5.41) is 13.0. The molecule has 5 nitrogen and oxygen atoms in total. The number of ether oxygens (including phenoxy) is 1. The largest absolute Gasteiger partial charge is 0.691 e. The van der Waals surface area contributed by atoms with Gasteiger partial charge in [0.25, 0.3) is 0 Å². The van der Waals surface area contributed by atoms with Crippen LogP contribution in [0.3, 0.4) is 0 Å². The summed E-state index contributed by atoms with van der Waals surface area (Å²) in [6.07, 6.45) is 7.40. The molecule has 21 heavy (non-hydrogen) atoms. The molecule has 6 heteroatoms. The minimum absolute atomic E-state index is 0.316. The number of benzene rings is 1. The first-order chi connectivity index (χ1) is 10.3. The van der Waals surface area contributed by atoms with Crippen LogP contribution in [0.2, 0.25) is 0 Å². The van der Waals surface area contributed by atoms with Crippen molar-refractivity contribution in [2.45, 2.75) is 43.4 Å². The first-order valence-corrected chi connectivity index (χ1v) is 7.94. The smallest absolute Gasteiger partial charge is 0.338 e. The molecule has 1 aliphatic rings. The fourth-order valence-corrected chi connectivity index (χ4v) is 2.93. The number of hydrogen-bond acceptors (Lipinski definition) is 6. The Morgan fingerprint density at radius 2 is 1.90 bits per heavy atom. The van der Waals surface area contributed by atoms with Crippen molar-refractivity contribution >= 4 is 18.0 Å². The van der Waals surface area contributed by atoms with E-state index < -0.39 is 0 Å². The third-order valence-electron chi connectivity index (χ3n) is 3.73. The quantitative estimate of drug-likeness (QED) is 0.334. The molecule has 1 aromatic rings. The first-order valence-electron chi connectivity index (χ1n) is 7.20. The van der Waals surface area contributed by atoms with E-state index in [1.54, 1.807) is 24.3 Å². The zero-order valence-corrected chi connectivity index (χ0v) is 12.6. The number of carbonyl (C=O) groups excluding carboxylic acids is 1. The predicted molar refractivity (Wildman–Crippen MR) is 75.9 cm³/mol. The van der Waals surface area contributed by atoms with Gasteiger partial charge in [0.05, 0.1) is 24.2 Å². The number of esters is 1. The maximum atomic E-state index is 11.9. The van der Waals surface area contributed by atoms with Crippen LogP contribution in [0.1, 0.15) is 48.9 Å². The molecule has 0 aliphatic heterocycles. The topological polar surface area (TPSA) is 67.8 Å². The highest BCUT2D eigenvalue weighted by atomic mass is 32.2. The van der Waals surface area contributed by atoms with Crippen molar-refractivity contribution in [2.24, 2.45) is 5.92 Å². The number of rotatable bonds is 7. The minimum atomic E-state index is -0.316. The molecule has 1 aromatic carbocycles. The van der Waals surface area contributed by atoms with E-state index in [0.717, 1.165) is 18.5 Å². The van der Waals surface area contributed by atoms with Gasteiger partial charge in [0.1, 0.15) is 0 Å². The number of hydrogen-bond donors (Lipinski definition) is 0. The summed E-state index contributed by atoms with van der Waals surface area (Å²) in [5.41, 5.74) is 0.492. The summed E-state index contributed by atoms with van der Waals surface area (Å²) in [7, 11) is 0. The van der Waals surface area contributed by atoms with E-state index in [4.69, 9.17) is 4.74 Å². The summed E-state index contributed by atoms with van der Waals surface area (Å²) in [4.78, 5) is 12.5. The van der Waals surface area contributed by atoms with Crippen molar-refractivity contribution in [2.75, 3.05) is 6.61 Å². The second-order valence-electron chi connectivity index (χ2n) is 5.17. The van der Waals surface area contributed by atoms with Gasteiger partial charge in [-0.05, 0) is 36.6 Å². The highest BCUT2D eigenvalue weighted by Crippen LogP contribution is 2.26. The van der Waals surface area contributed by atoms with Crippen LogP contribution >= 0.6 is 12.0 Å². The van der Waals surface area contributed by atoms with Crippen LogP contribution in [-0.2, 0) is 14.1 Å². The molecular formula is C15H19O5S-. The lowest BCUT2D eigenvalue weighted by Crippen LogP contribution is -2.12. The van der Waals surface area contributed by atoms with Gasteiger partial charge in [0, 0.05) is 4.90 Å². The van der Waals surface area contributed by atoms with Crippen LogP contribution in [0, 0.1) is 5.92 Å². The van der Waals surface area contributed by atoms with Gasteiger partial charge in [-0.2, -0.15) is 4.33 Å². The SMILES string of the molecule is O=C(OCCC1CCCCC1)c1ccc(SOO[O-])cc1. The lowest BCUT2D eigenvalue weighted by atomic mass is 9.87. The summed E-state index contributed by atoms with van der Waals surface area (Å²) in [6, 6.07) is 6.61. The fraction of sp³-hybridized carbons (Fsp3) is 0.533. The zero-order valence-electron chi connectivity index (χ0n) is 11.8. The minimum Gasteiger partial charge on any atom is -0.691 e. The average Bonchev–Trinajstić information content (AvgIpc) is 2.54. The van der Waals surface area contributed by atoms with E-state index in [9.17, 15) is 10.1 Å². The Morgan fingerprint density at radius 3 is 2.57 bits per heavy atom. The molecule has 0 unspecified atom stereocenters. The Bertz CT molecular complexity index is 428. The normalized spacial score (nSPS) is 15.9. The van der Waals surface area contributed by atoms with Gasteiger partial charge in [-0.1, -0.05) is 32.1 Å². The van der Waals surface area contributed by atoms with Gasteiger partial charge in [-0.15, -0.1) is 0 Å². The molecule has 0 amide bonds. The van der Waals surface area contributed by atoms with Crippen molar-refractivity contribution in [1.29, 1.82) is 0 Å². The lowest BCUT2D eigenvalue weighted by molar-refractivity contribution is -0.777. The van der Waals surface area contributed by atoms with Crippen LogP contribution in [0.4, 0.5) is 0 Å². The van der Waals surface area contributed by atoms with E-state index in [2.05, 4.69) is 9.37 Å². The Kier molecular flexibility index (Phi) is 7.02. The molecule has 0 N–H and O–H groups in total. The van der Waals surface area contributed by atoms with Gasteiger partial charge in [0.2, 0.25) is 0 Å². The Balaban J connectivity index is 1.72. The highest BCUT2D eigenvalue weighted by Gasteiger charge is 2.14. The van der Waals surface area contributed by atoms with Gasteiger partial charge < -0.3 is 9.99 Å². The van der Waals surface area contributed by atoms with Crippen molar-refractivity contribution < 1.29 is 24.2 Å². The van der Waals surface area contributed by atoms with Crippen molar-refractivity contribution in [3.8, 4) is 0 Å². The highest BCUT2D eigenvalue weighted by molar-refractivity contribution is 7.94. The molecule has 1 fully saturated rings. The van der Waals surface area contributed by atoms with Crippen LogP contribution in [-0.4, -0.2) is 12.6 Å². The molecule has 0 heterocycles. The molecule has 2 rings (SSSR count). The average molecular weight is 311 g/mol. The zero-order chi connectivity index (χ0) is 14.9. The van der Waals surface area contributed by atoms with Crippen LogP contribution in [0.5, 0.6) is 0 Å². The van der Waals surface area contributed by atoms with Gasteiger partial charge in [0.15, 0.2) is 0 Å². The Morgan fingerprint density at radius 1 is 1.19 bits per heavy atom. The Labute approximate surface area is 128 Å². The molecule has 0 aromatic heterocycles. The maximum Gasteiger partial charge on any atom is 0.338 e. The monoisotopic (exact) mass is 311 g/mol. The van der Waals surface area contributed by atoms with Gasteiger partial charge in [-0.25, -0.2) is 4.79 Å². The lowest BCUT2D eigenvalue weighted by Gasteiger charge is -2.21. The van der Waals surface area contributed by atoms with E-state index in [1.165, 1.54) is 32.1 Å².